The van der Waals surface area contributed by atoms with Gasteiger partial charge in [-0.1, -0.05) is 55.4 Å². The first-order valence-corrected chi connectivity index (χ1v) is 20.5. The van der Waals surface area contributed by atoms with Crippen molar-refractivity contribution in [2.75, 3.05) is 23.0 Å². The molecule has 0 N–H and O–H groups in total. The summed E-state index contributed by atoms with van der Waals surface area (Å²) in [7, 11) is 0. The van der Waals surface area contributed by atoms with Crippen LogP contribution in [0, 0.1) is 23.7 Å². The van der Waals surface area contributed by atoms with Crippen molar-refractivity contribution >= 4 is 57.1 Å². The second-order valence-electron chi connectivity index (χ2n) is 8.96. The van der Waals surface area contributed by atoms with Crippen LogP contribution in [0.2, 0.25) is 0 Å². The third-order valence-electron chi connectivity index (χ3n) is 3.78. The molecule has 0 saturated heterocycles. The monoisotopic (exact) mass is 602 g/mol. The van der Waals surface area contributed by atoms with E-state index in [4.69, 9.17) is 0 Å². The molecule has 0 saturated carbocycles. The van der Waals surface area contributed by atoms with Gasteiger partial charge >= 0.3 is 19.5 Å². The Bertz CT molecular complexity index is 430. The number of rotatable bonds is 16. The predicted octanol–water partition coefficient (Wildman–Crippen LogP) is 8.02. The van der Waals surface area contributed by atoms with Gasteiger partial charge in [0.25, 0.3) is 0 Å². The van der Waals surface area contributed by atoms with Crippen molar-refractivity contribution in [3.63, 3.8) is 0 Å². The first-order chi connectivity index (χ1) is 13.7. The Kier molecular flexibility index (Phi) is 26.5. The van der Waals surface area contributed by atoms with Crippen LogP contribution in [-0.2, 0) is 28.6 Å². The summed E-state index contributed by atoms with van der Waals surface area (Å²) >= 11 is 4.49. The van der Waals surface area contributed by atoms with E-state index in [1.807, 2.05) is 0 Å². The van der Waals surface area contributed by atoms with Crippen molar-refractivity contribution < 1.29 is 38.4 Å². The Labute approximate surface area is 221 Å². The third-order valence-corrected chi connectivity index (χ3v) is 16.5. The van der Waals surface area contributed by atoms with Crippen molar-refractivity contribution in [1.29, 1.82) is 0 Å². The molecule has 0 aromatic heterocycles. The molecule has 0 radical (unpaired) electrons. The van der Waals surface area contributed by atoms with Gasteiger partial charge in [0, 0.05) is 23.0 Å². The van der Waals surface area contributed by atoms with E-state index >= 15 is 0 Å². The molecular weight excluding hydrogens is 560 g/mol. The van der Waals surface area contributed by atoms with E-state index in [0.29, 0.717) is 23.7 Å². The summed E-state index contributed by atoms with van der Waals surface area (Å²) in [6.45, 7) is 16.9. The van der Waals surface area contributed by atoms with Gasteiger partial charge in [-0.2, -0.15) is 0 Å². The molecule has 0 spiro atoms. The van der Waals surface area contributed by atoms with Crippen LogP contribution in [0.4, 0.5) is 0 Å². The molecule has 4 nitrogen and oxygen atoms in total. The standard InChI is InChI=1S/2C10H23O2PS2.Zn/c2*1-9(2)5-7-14-13(11,12)15-8-6-10(3)4;/h2*9-10H,5-8H2,1-4H3,(H,11,12);/q;;+2/p-2. The van der Waals surface area contributed by atoms with E-state index in [1.54, 1.807) is 0 Å². The fourth-order valence-corrected chi connectivity index (χ4v) is 13.4. The molecular formula is C20H44O4P2S4Zn. The van der Waals surface area contributed by atoms with Crippen LogP contribution in [0.15, 0.2) is 0 Å². The maximum Gasteiger partial charge on any atom is 2.00 e. The molecule has 0 amide bonds. The largest absolute Gasteiger partial charge is 2.00 e. The Balaban J connectivity index is -0.000000490. The van der Waals surface area contributed by atoms with E-state index in [0.717, 1.165) is 94.2 Å². The second-order valence-corrected chi connectivity index (χ2v) is 23.7. The van der Waals surface area contributed by atoms with E-state index < -0.39 is 11.5 Å². The van der Waals surface area contributed by atoms with Gasteiger partial charge in [-0.15, -0.1) is 45.5 Å². The van der Waals surface area contributed by atoms with Gasteiger partial charge in [-0.05, 0) is 49.4 Å². The molecule has 184 valence electrons. The molecule has 0 fully saturated rings. The molecule has 0 aliphatic heterocycles. The van der Waals surface area contributed by atoms with Crippen LogP contribution < -0.4 is 9.79 Å². The zero-order valence-electron chi connectivity index (χ0n) is 20.8. The summed E-state index contributed by atoms with van der Waals surface area (Å²) < 4.78 is 23.1. The normalized spacial score (nSPS) is 12.3. The Hall–Kier alpha value is 2.40. The fraction of sp³-hybridized carbons (Fsp3) is 1.00. The van der Waals surface area contributed by atoms with E-state index in [-0.39, 0.29) is 19.5 Å². The molecule has 31 heavy (non-hydrogen) atoms. The summed E-state index contributed by atoms with van der Waals surface area (Å²) in [6, 6.07) is 0. The number of hydrogen-bond acceptors (Lipinski definition) is 8. The van der Waals surface area contributed by atoms with Crippen LogP contribution in [0.1, 0.15) is 81.1 Å². The van der Waals surface area contributed by atoms with Crippen LogP contribution >= 0.6 is 57.1 Å². The van der Waals surface area contributed by atoms with E-state index in [9.17, 15) is 18.9 Å². The summed E-state index contributed by atoms with van der Waals surface area (Å²) in [5.41, 5.74) is 0. The summed E-state index contributed by atoms with van der Waals surface area (Å²) in [4.78, 5) is 23.1. The maximum absolute atomic E-state index is 11.5. The minimum absolute atomic E-state index is 0. The molecule has 0 bridgehead atoms. The van der Waals surface area contributed by atoms with Gasteiger partial charge < -0.3 is 18.9 Å². The van der Waals surface area contributed by atoms with Crippen molar-refractivity contribution in [2.45, 2.75) is 81.1 Å². The van der Waals surface area contributed by atoms with Gasteiger partial charge in [0.15, 0.2) is 0 Å². The Morgan fingerprint density at radius 3 is 0.806 bits per heavy atom. The molecule has 0 heterocycles. The average molecular weight is 604 g/mol. The van der Waals surface area contributed by atoms with Crippen molar-refractivity contribution in [3.8, 4) is 0 Å². The average Bonchev–Trinajstić information content (AvgIpc) is 2.53. The van der Waals surface area contributed by atoms with Gasteiger partial charge in [-0.3, -0.25) is 0 Å². The van der Waals surface area contributed by atoms with Crippen molar-refractivity contribution in [2.24, 2.45) is 23.7 Å². The SMILES string of the molecule is CC(C)CCSP(=O)([O-])SCCC(C)C.CC(C)CCSP(=O)([O-])SCCC(C)C.[Zn+2]. The molecule has 0 aromatic rings. The predicted molar refractivity (Wildman–Crippen MR) is 143 cm³/mol. The minimum atomic E-state index is -3.22. The van der Waals surface area contributed by atoms with Crippen LogP contribution in [0.3, 0.4) is 0 Å². The molecule has 0 unspecified atom stereocenters. The Morgan fingerprint density at radius 2 is 0.677 bits per heavy atom. The summed E-state index contributed by atoms with van der Waals surface area (Å²) in [5, 5.41) is 0. The zero-order chi connectivity index (χ0) is 23.8. The van der Waals surface area contributed by atoms with Crippen LogP contribution in [0.25, 0.3) is 0 Å². The maximum atomic E-state index is 11.5. The fourth-order valence-electron chi connectivity index (χ4n) is 1.68. The summed E-state index contributed by atoms with van der Waals surface area (Å²) in [6.07, 6.45) is 3.90. The Morgan fingerprint density at radius 1 is 0.516 bits per heavy atom. The van der Waals surface area contributed by atoms with E-state index in [2.05, 4.69) is 55.4 Å². The van der Waals surface area contributed by atoms with Gasteiger partial charge in [-0.25, -0.2) is 0 Å². The van der Waals surface area contributed by atoms with Crippen molar-refractivity contribution in [1.82, 2.24) is 0 Å². The summed E-state index contributed by atoms with van der Waals surface area (Å²) in [5.74, 6) is -1.20. The minimum Gasteiger partial charge on any atom is -0.784 e. The quantitative estimate of drug-likeness (QED) is 0.130. The first kappa shape index (κ1) is 37.9. The van der Waals surface area contributed by atoms with Gasteiger partial charge in [0.1, 0.15) is 11.5 Å². The van der Waals surface area contributed by atoms with Crippen molar-refractivity contribution in [3.05, 3.63) is 0 Å². The molecule has 0 aromatic carbocycles. The molecule has 0 aliphatic carbocycles. The third kappa shape index (κ3) is 32.4. The zero-order valence-corrected chi connectivity index (χ0v) is 28.9. The number of hydrogen-bond donors (Lipinski definition) is 0. The topological polar surface area (TPSA) is 80.3 Å². The molecule has 0 aliphatic rings. The second kappa shape index (κ2) is 21.7. The van der Waals surface area contributed by atoms with Crippen LogP contribution in [-0.4, -0.2) is 23.0 Å². The van der Waals surface area contributed by atoms with E-state index in [1.165, 1.54) is 0 Å². The van der Waals surface area contributed by atoms with Gasteiger partial charge in [0.2, 0.25) is 0 Å². The molecule has 0 atom stereocenters. The first-order valence-electron chi connectivity index (χ1n) is 10.9. The smallest absolute Gasteiger partial charge is 0.784 e. The molecule has 0 rings (SSSR count). The van der Waals surface area contributed by atoms with Gasteiger partial charge in [0.05, 0.1) is 0 Å². The molecule has 11 heteroatoms. The van der Waals surface area contributed by atoms with Crippen LogP contribution in [0.5, 0.6) is 0 Å².